The van der Waals surface area contributed by atoms with Gasteiger partial charge in [0.2, 0.25) is 0 Å². The Morgan fingerprint density at radius 3 is 2.90 bits per heavy atom. The topological polar surface area (TPSA) is 37.4 Å². The lowest BCUT2D eigenvalue weighted by Gasteiger charge is -2.37. The van der Waals surface area contributed by atoms with Crippen LogP contribution in [0.4, 0.5) is 5.82 Å². The molecule has 1 fully saturated rings. The molecule has 118 valence electrons. The van der Waals surface area contributed by atoms with E-state index in [2.05, 4.69) is 31.0 Å². The number of ether oxygens (including phenoxy) is 1. The second-order valence-corrected chi connectivity index (χ2v) is 6.53. The number of piperidine rings is 1. The third kappa shape index (κ3) is 4.31. The van der Waals surface area contributed by atoms with Gasteiger partial charge in [-0.3, -0.25) is 0 Å². The fourth-order valence-electron chi connectivity index (χ4n) is 2.62. The average molecular weight is 312 g/mol. The lowest BCUT2D eigenvalue weighted by Crippen LogP contribution is -2.44. The molecule has 0 amide bonds. The van der Waals surface area contributed by atoms with Crippen LogP contribution in [0, 0.1) is 5.92 Å². The van der Waals surface area contributed by atoms with Crippen molar-refractivity contribution in [3.8, 4) is 0 Å². The smallest absolute Gasteiger partial charge is 0.129 e. The highest BCUT2D eigenvalue weighted by Gasteiger charge is 2.26. The van der Waals surface area contributed by atoms with E-state index in [0.717, 1.165) is 36.0 Å². The third-order valence-corrected chi connectivity index (χ3v) is 4.44. The summed E-state index contributed by atoms with van der Waals surface area (Å²) in [6, 6.07) is 4.37. The quantitative estimate of drug-likeness (QED) is 0.906. The van der Waals surface area contributed by atoms with E-state index in [0.29, 0.717) is 18.5 Å². The van der Waals surface area contributed by atoms with Crippen LogP contribution in [0.25, 0.3) is 0 Å². The molecular formula is C16H26ClN3O. The van der Waals surface area contributed by atoms with Gasteiger partial charge in [0.15, 0.2) is 0 Å². The molecule has 0 aliphatic carbocycles. The first-order valence-corrected chi connectivity index (χ1v) is 8.05. The first kappa shape index (κ1) is 16.5. The van der Waals surface area contributed by atoms with Gasteiger partial charge in [-0.1, -0.05) is 32.4 Å². The minimum Gasteiger partial charge on any atom is -0.379 e. The van der Waals surface area contributed by atoms with Gasteiger partial charge in [0.05, 0.1) is 16.8 Å². The Balaban J connectivity index is 2.11. The molecule has 0 radical (unpaired) electrons. The van der Waals surface area contributed by atoms with E-state index in [4.69, 9.17) is 21.3 Å². The van der Waals surface area contributed by atoms with Crippen molar-refractivity contribution in [2.24, 2.45) is 5.92 Å². The molecule has 2 rings (SSSR count). The van der Waals surface area contributed by atoms with Crippen molar-refractivity contribution in [3.63, 3.8) is 0 Å². The van der Waals surface area contributed by atoms with Crippen LogP contribution in [0.15, 0.2) is 12.1 Å². The number of hydrogen-bond donors (Lipinski definition) is 1. The molecule has 1 aromatic heterocycles. The number of aromatic nitrogens is 1. The number of anilines is 1. The maximum absolute atomic E-state index is 6.25. The molecular weight excluding hydrogens is 286 g/mol. The molecule has 1 aliphatic heterocycles. The molecule has 0 spiro atoms. The summed E-state index contributed by atoms with van der Waals surface area (Å²) in [6.45, 7) is 9.09. The molecule has 5 heteroatoms. The second-order valence-electron chi connectivity index (χ2n) is 6.12. The maximum atomic E-state index is 6.25. The van der Waals surface area contributed by atoms with Gasteiger partial charge in [0.25, 0.3) is 0 Å². The summed E-state index contributed by atoms with van der Waals surface area (Å²) >= 11 is 6.25. The minimum atomic E-state index is 0.272. The minimum absolute atomic E-state index is 0.272. The Kier molecular flexibility index (Phi) is 5.85. The highest BCUT2D eigenvalue weighted by molar-refractivity contribution is 6.31. The Morgan fingerprint density at radius 2 is 2.24 bits per heavy atom. The lowest BCUT2D eigenvalue weighted by molar-refractivity contribution is 0.0496. The largest absolute Gasteiger partial charge is 0.379 e. The predicted octanol–water partition coefficient (Wildman–Crippen LogP) is 3.09. The van der Waals surface area contributed by atoms with Crippen LogP contribution < -0.4 is 10.2 Å². The second kappa shape index (κ2) is 7.43. The van der Waals surface area contributed by atoms with E-state index >= 15 is 0 Å². The summed E-state index contributed by atoms with van der Waals surface area (Å²) < 4.78 is 5.58. The van der Waals surface area contributed by atoms with E-state index in [1.165, 1.54) is 0 Å². The zero-order valence-electron chi connectivity index (χ0n) is 13.4. The maximum Gasteiger partial charge on any atom is 0.129 e. The number of halogens is 1. The molecule has 1 aliphatic rings. The number of nitrogens with zero attached hydrogens (tertiary/aromatic N) is 2. The Morgan fingerprint density at radius 1 is 1.48 bits per heavy atom. The molecule has 2 unspecified atom stereocenters. The molecule has 0 bridgehead atoms. The van der Waals surface area contributed by atoms with Gasteiger partial charge in [0, 0.05) is 32.8 Å². The van der Waals surface area contributed by atoms with Gasteiger partial charge < -0.3 is 15.0 Å². The highest BCUT2D eigenvalue weighted by atomic mass is 35.5. The number of pyridine rings is 1. The van der Waals surface area contributed by atoms with Crippen molar-refractivity contribution >= 4 is 17.4 Å². The normalized spacial score (nSPS) is 22.9. The van der Waals surface area contributed by atoms with Gasteiger partial charge >= 0.3 is 0 Å². The molecule has 1 aromatic rings. The molecule has 2 heterocycles. The molecule has 1 N–H and O–H groups in total. The monoisotopic (exact) mass is 311 g/mol. The van der Waals surface area contributed by atoms with Gasteiger partial charge in [-0.25, -0.2) is 4.98 Å². The SMILES string of the molecule is COC1CN(c2ccc(Cl)c(CNC(C)C)n2)CCC1C. The molecule has 1 saturated heterocycles. The van der Waals surface area contributed by atoms with Crippen LogP contribution >= 0.6 is 11.6 Å². The first-order chi connectivity index (χ1) is 10.0. The number of rotatable bonds is 5. The molecule has 0 aromatic carbocycles. The van der Waals surface area contributed by atoms with Crippen molar-refractivity contribution in [3.05, 3.63) is 22.8 Å². The van der Waals surface area contributed by atoms with Gasteiger partial charge in [-0.15, -0.1) is 0 Å². The molecule has 2 atom stereocenters. The van der Waals surface area contributed by atoms with Crippen LogP contribution in [0.3, 0.4) is 0 Å². The van der Waals surface area contributed by atoms with Gasteiger partial charge in [-0.05, 0) is 24.5 Å². The summed E-state index contributed by atoms with van der Waals surface area (Å²) in [7, 11) is 1.79. The predicted molar refractivity (Wildman–Crippen MR) is 88.0 cm³/mol. The molecule has 0 saturated carbocycles. The highest BCUT2D eigenvalue weighted by Crippen LogP contribution is 2.25. The van der Waals surface area contributed by atoms with Crippen molar-refractivity contribution in [1.82, 2.24) is 10.3 Å². The number of nitrogens with one attached hydrogen (secondary N) is 1. The van der Waals surface area contributed by atoms with Crippen LogP contribution in [0.5, 0.6) is 0 Å². The fraction of sp³-hybridized carbons (Fsp3) is 0.688. The van der Waals surface area contributed by atoms with Gasteiger partial charge in [0.1, 0.15) is 5.82 Å². The van der Waals surface area contributed by atoms with Crippen molar-refractivity contribution in [2.75, 3.05) is 25.1 Å². The van der Waals surface area contributed by atoms with Crippen LogP contribution in [0.1, 0.15) is 32.9 Å². The lowest BCUT2D eigenvalue weighted by atomic mass is 9.96. The van der Waals surface area contributed by atoms with E-state index in [-0.39, 0.29) is 6.10 Å². The van der Waals surface area contributed by atoms with Crippen molar-refractivity contribution in [2.45, 2.75) is 45.9 Å². The number of hydrogen-bond acceptors (Lipinski definition) is 4. The fourth-order valence-corrected chi connectivity index (χ4v) is 2.79. The summed E-state index contributed by atoms with van der Waals surface area (Å²) in [5.41, 5.74) is 0.912. The van der Waals surface area contributed by atoms with Gasteiger partial charge in [-0.2, -0.15) is 0 Å². The zero-order chi connectivity index (χ0) is 15.4. The average Bonchev–Trinajstić information content (AvgIpc) is 2.47. The standard InChI is InChI=1S/C16H26ClN3O/c1-11(2)18-9-14-13(17)5-6-16(19-14)20-8-7-12(3)15(10-20)21-4/h5-6,11-12,15,18H,7-10H2,1-4H3. The van der Waals surface area contributed by atoms with Crippen LogP contribution in [-0.2, 0) is 11.3 Å². The van der Waals surface area contributed by atoms with Crippen molar-refractivity contribution < 1.29 is 4.74 Å². The van der Waals surface area contributed by atoms with Crippen LogP contribution in [-0.4, -0.2) is 37.3 Å². The first-order valence-electron chi connectivity index (χ1n) is 7.67. The molecule has 21 heavy (non-hydrogen) atoms. The summed E-state index contributed by atoms with van der Waals surface area (Å²) in [6.07, 6.45) is 1.40. The Bertz CT molecular complexity index is 467. The van der Waals surface area contributed by atoms with Crippen molar-refractivity contribution in [1.29, 1.82) is 0 Å². The molecule has 4 nitrogen and oxygen atoms in total. The summed E-state index contributed by atoms with van der Waals surface area (Å²) in [4.78, 5) is 7.03. The third-order valence-electron chi connectivity index (χ3n) is 4.10. The van der Waals surface area contributed by atoms with Crippen LogP contribution in [0.2, 0.25) is 5.02 Å². The summed E-state index contributed by atoms with van der Waals surface area (Å²) in [5.74, 6) is 1.59. The Labute approximate surface area is 132 Å². The van der Waals surface area contributed by atoms with E-state index in [1.54, 1.807) is 7.11 Å². The van der Waals surface area contributed by atoms with E-state index in [9.17, 15) is 0 Å². The summed E-state index contributed by atoms with van der Waals surface area (Å²) in [5, 5.41) is 4.09. The van der Waals surface area contributed by atoms with E-state index < -0.39 is 0 Å². The Hall–Kier alpha value is -0.840. The van der Waals surface area contributed by atoms with E-state index in [1.807, 2.05) is 12.1 Å². The zero-order valence-corrected chi connectivity index (χ0v) is 14.2. The number of methoxy groups -OCH3 is 1.